The minimum absolute atomic E-state index is 0.465. The summed E-state index contributed by atoms with van der Waals surface area (Å²) >= 11 is 0. The summed E-state index contributed by atoms with van der Waals surface area (Å²) in [6, 6.07) is 16.2. The summed E-state index contributed by atoms with van der Waals surface area (Å²) in [6.45, 7) is 5.15. The van der Waals surface area contributed by atoms with Crippen LogP contribution in [-0.2, 0) is 5.41 Å². The van der Waals surface area contributed by atoms with Gasteiger partial charge in [-0.1, -0.05) is 56.3 Å². The molecule has 4 bridgehead atoms. The molecule has 0 nitrogen and oxygen atoms in total. The Hall–Kier alpha value is -1.30. The third kappa shape index (κ3) is 1.76. The molecule has 2 aromatic rings. The molecule has 0 spiro atoms. The summed E-state index contributed by atoms with van der Waals surface area (Å²) < 4.78 is 0. The third-order valence-corrected chi connectivity index (χ3v) is 6.99. The van der Waals surface area contributed by atoms with E-state index in [4.69, 9.17) is 0 Å². The van der Waals surface area contributed by atoms with Crippen molar-refractivity contribution in [1.82, 2.24) is 0 Å². The van der Waals surface area contributed by atoms with Gasteiger partial charge in [-0.2, -0.15) is 0 Å². The Kier molecular flexibility index (Phi) is 2.37. The molecule has 22 heavy (non-hydrogen) atoms. The van der Waals surface area contributed by atoms with Crippen LogP contribution in [0.15, 0.2) is 42.5 Å². The smallest absolute Gasteiger partial charge is 0.00338 e. The van der Waals surface area contributed by atoms with Gasteiger partial charge in [-0.15, -0.1) is 0 Å². The quantitative estimate of drug-likeness (QED) is 0.596. The van der Waals surface area contributed by atoms with Crippen LogP contribution in [0.3, 0.4) is 0 Å². The first-order valence-electron chi connectivity index (χ1n) is 8.97. The zero-order chi connectivity index (χ0) is 15.0. The van der Waals surface area contributed by atoms with Crippen molar-refractivity contribution in [2.45, 2.75) is 57.8 Å². The van der Waals surface area contributed by atoms with Crippen molar-refractivity contribution in [3.63, 3.8) is 0 Å². The van der Waals surface area contributed by atoms with Crippen molar-refractivity contribution in [3.05, 3.63) is 48.0 Å². The molecule has 0 heteroatoms. The fourth-order valence-corrected chi connectivity index (χ4v) is 7.29. The lowest BCUT2D eigenvalue weighted by Crippen LogP contribution is -2.56. The maximum Gasteiger partial charge on any atom is -0.00338 e. The minimum atomic E-state index is 0.465. The summed E-state index contributed by atoms with van der Waals surface area (Å²) in [5.41, 5.74) is 3.29. The van der Waals surface area contributed by atoms with Gasteiger partial charge >= 0.3 is 0 Å². The molecule has 6 rings (SSSR count). The number of rotatable bonds is 1. The molecule has 0 saturated heterocycles. The number of fused-ring (bicyclic) bond motifs is 1. The van der Waals surface area contributed by atoms with Crippen molar-refractivity contribution in [1.29, 1.82) is 0 Å². The normalized spacial score (nSPS) is 42.9. The fraction of sp³-hybridized carbons (Fsp3) is 0.545. The molecule has 4 saturated carbocycles. The molecule has 0 radical (unpaired) electrons. The molecule has 0 aromatic heterocycles. The summed E-state index contributed by atoms with van der Waals surface area (Å²) in [6.07, 6.45) is 8.72. The molecule has 114 valence electrons. The molecule has 0 N–H and O–H groups in total. The summed E-state index contributed by atoms with van der Waals surface area (Å²) in [5.74, 6) is 0.970. The van der Waals surface area contributed by atoms with Crippen LogP contribution >= 0.6 is 0 Å². The zero-order valence-corrected chi connectivity index (χ0v) is 13.9. The van der Waals surface area contributed by atoms with Gasteiger partial charge in [-0.25, -0.2) is 0 Å². The van der Waals surface area contributed by atoms with E-state index in [0.717, 1.165) is 5.92 Å². The Balaban J connectivity index is 1.66. The lowest BCUT2D eigenvalue weighted by molar-refractivity contribution is -0.109. The highest BCUT2D eigenvalue weighted by Crippen LogP contribution is 2.69. The van der Waals surface area contributed by atoms with Crippen molar-refractivity contribution >= 4 is 10.8 Å². The van der Waals surface area contributed by atoms with E-state index in [1.54, 1.807) is 5.56 Å². The average molecular weight is 290 g/mol. The van der Waals surface area contributed by atoms with E-state index in [9.17, 15) is 0 Å². The van der Waals surface area contributed by atoms with E-state index in [1.807, 2.05) is 0 Å². The highest BCUT2D eigenvalue weighted by molar-refractivity contribution is 5.83. The predicted molar refractivity (Wildman–Crippen MR) is 93.0 cm³/mol. The Morgan fingerprint density at radius 3 is 2.14 bits per heavy atom. The van der Waals surface area contributed by atoms with E-state index in [-0.39, 0.29) is 0 Å². The molecule has 0 heterocycles. The molecule has 2 unspecified atom stereocenters. The maximum absolute atomic E-state index is 2.57. The minimum Gasteiger partial charge on any atom is -0.0616 e. The monoisotopic (exact) mass is 290 g/mol. The second-order valence-electron chi connectivity index (χ2n) is 9.47. The van der Waals surface area contributed by atoms with Gasteiger partial charge in [0.2, 0.25) is 0 Å². The fourth-order valence-electron chi connectivity index (χ4n) is 7.29. The molecule has 4 fully saturated rings. The van der Waals surface area contributed by atoms with Crippen LogP contribution in [0, 0.1) is 16.7 Å². The molecular formula is C22H26. The van der Waals surface area contributed by atoms with Crippen molar-refractivity contribution in [3.8, 4) is 0 Å². The first kappa shape index (κ1) is 13.2. The van der Waals surface area contributed by atoms with Crippen molar-refractivity contribution < 1.29 is 0 Å². The standard InChI is InChI=1S/C22H26/c1-20-10-16-11-21(2,13-20)15-22(12-16,14-20)19-8-7-17-5-3-4-6-18(17)9-19/h3-9,16H,10-15H2,1-2H3. The van der Waals surface area contributed by atoms with E-state index in [1.165, 1.54) is 49.3 Å². The van der Waals surface area contributed by atoms with E-state index >= 15 is 0 Å². The molecule has 4 aliphatic carbocycles. The second-order valence-corrected chi connectivity index (χ2v) is 9.47. The van der Waals surface area contributed by atoms with E-state index in [0.29, 0.717) is 16.2 Å². The lowest BCUT2D eigenvalue weighted by atomic mass is 9.39. The topological polar surface area (TPSA) is 0 Å². The molecule has 0 amide bonds. The van der Waals surface area contributed by atoms with Gasteiger partial charge in [0.1, 0.15) is 0 Å². The van der Waals surface area contributed by atoms with Gasteiger partial charge in [0.25, 0.3) is 0 Å². The summed E-state index contributed by atoms with van der Waals surface area (Å²) in [7, 11) is 0. The second kappa shape index (κ2) is 3.96. The van der Waals surface area contributed by atoms with Crippen molar-refractivity contribution in [2.24, 2.45) is 16.7 Å². The van der Waals surface area contributed by atoms with E-state index < -0.39 is 0 Å². The van der Waals surface area contributed by atoms with Gasteiger partial charge in [-0.3, -0.25) is 0 Å². The largest absolute Gasteiger partial charge is 0.0616 e. The SMILES string of the molecule is CC12CC3CC(C)(C1)CC(c1ccc4ccccc4c1)(C3)C2. The summed E-state index contributed by atoms with van der Waals surface area (Å²) in [4.78, 5) is 0. The molecule has 2 atom stereocenters. The predicted octanol–water partition coefficient (Wildman–Crippen LogP) is 6.09. The Morgan fingerprint density at radius 2 is 1.45 bits per heavy atom. The molecule has 2 aromatic carbocycles. The van der Waals surface area contributed by atoms with Crippen LogP contribution in [0.1, 0.15) is 57.9 Å². The zero-order valence-electron chi connectivity index (χ0n) is 13.9. The molecule has 4 aliphatic rings. The van der Waals surface area contributed by atoms with Gasteiger partial charge in [0.05, 0.1) is 0 Å². The van der Waals surface area contributed by atoms with E-state index in [2.05, 4.69) is 56.3 Å². The van der Waals surface area contributed by atoms with Crippen LogP contribution in [0.25, 0.3) is 10.8 Å². The number of hydrogen-bond donors (Lipinski definition) is 0. The molecule has 0 aliphatic heterocycles. The van der Waals surface area contributed by atoms with Crippen molar-refractivity contribution in [2.75, 3.05) is 0 Å². The van der Waals surface area contributed by atoms with Gasteiger partial charge in [-0.05, 0) is 77.0 Å². The van der Waals surface area contributed by atoms with Crippen LogP contribution in [-0.4, -0.2) is 0 Å². The highest BCUT2D eigenvalue weighted by Gasteiger charge is 2.60. The Labute approximate surface area is 133 Å². The molecular weight excluding hydrogens is 264 g/mol. The lowest BCUT2D eigenvalue weighted by Gasteiger charge is -2.65. The van der Waals surface area contributed by atoms with Crippen LogP contribution in [0.4, 0.5) is 0 Å². The van der Waals surface area contributed by atoms with Crippen LogP contribution in [0.2, 0.25) is 0 Å². The highest BCUT2D eigenvalue weighted by atomic mass is 14.6. The summed E-state index contributed by atoms with van der Waals surface area (Å²) in [5, 5.41) is 2.81. The van der Waals surface area contributed by atoms with Gasteiger partial charge in [0.15, 0.2) is 0 Å². The van der Waals surface area contributed by atoms with Crippen LogP contribution in [0.5, 0.6) is 0 Å². The van der Waals surface area contributed by atoms with Gasteiger partial charge in [0, 0.05) is 0 Å². The number of hydrogen-bond acceptors (Lipinski definition) is 0. The first-order valence-corrected chi connectivity index (χ1v) is 8.97. The first-order chi connectivity index (χ1) is 10.5. The Morgan fingerprint density at radius 1 is 0.773 bits per heavy atom. The maximum atomic E-state index is 2.57. The van der Waals surface area contributed by atoms with Crippen LogP contribution < -0.4 is 0 Å². The number of benzene rings is 2. The van der Waals surface area contributed by atoms with Gasteiger partial charge < -0.3 is 0 Å². The Bertz CT molecular complexity index is 737. The average Bonchev–Trinajstić information content (AvgIpc) is 2.43. The third-order valence-electron chi connectivity index (χ3n) is 6.99.